The average Bonchev–Trinajstić information content (AvgIpc) is 3.25. The predicted molar refractivity (Wildman–Crippen MR) is 68.6 cm³/mol. The van der Waals surface area contributed by atoms with E-state index in [1.54, 1.807) is 6.07 Å². The lowest BCUT2D eigenvalue weighted by atomic mass is 10.2. The van der Waals surface area contributed by atoms with Crippen LogP contribution >= 0.6 is 0 Å². The number of amides is 1. The van der Waals surface area contributed by atoms with Gasteiger partial charge in [0.2, 0.25) is 17.4 Å². The van der Waals surface area contributed by atoms with E-state index in [0.29, 0.717) is 0 Å². The maximum absolute atomic E-state index is 12.1. The lowest BCUT2D eigenvalue weighted by Gasteiger charge is -2.08. The third-order valence-electron chi connectivity index (χ3n) is 2.81. The van der Waals surface area contributed by atoms with Gasteiger partial charge in [-0.15, -0.1) is 0 Å². The number of hydrogen-bond donors (Lipinski definition) is 3. The fraction of sp³-hybridized carbons (Fsp3) is 0.0769. The first-order valence-electron chi connectivity index (χ1n) is 5.69. The number of hydrogen-bond acceptors (Lipinski definition) is 6. The number of anilines is 1. The van der Waals surface area contributed by atoms with Crippen molar-refractivity contribution >= 4 is 11.6 Å². The quantitative estimate of drug-likeness (QED) is 0.382. The standard InChI is InChI=1S/C13H10N2O5/c1-19-13-6(3-2-4-14-13)12(18)15-7-5-8(16)10-11(20-10)9(7)17/h2-5,16-17H,1H3,(H,15,18). The van der Waals surface area contributed by atoms with Gasteiger partial charge < -0.3 is 25.0 Å². The van der Waals surface area contributed by atoms with Crippen LogP contribution in [0.4, 0.5) is 5.69 Å². The molecule has 7 nitrogen and oxygen atoms in total. The lowest BCUT2D eigenvalue weighted by molar-refractivity contribution is 0.102. The van der Waals surface area contributed by atoms with Crippen LogP contribution in [-0.4, -0.2) is 28.2 Å². The van der Waals surface area contributed by atoms with Crippen molar-refractivity contribution in [2.75, 3.05) is 12.4 Å². The van der Waals surface area contributed by atoms with Crippen LogP contribution in [0.1, 0.15) is 10.4 Å². The van der Waals surface area contributed by atoms with E-state index in [0.717, 1.165) is 0 Å². The third kappa shape index (κ3) is 1.85. The van der Waals surface area contributed by atoms with Gasteiger partial charge in [0.25, 0.3) is 5.91 Å². The van der Waals surface area contributed by atoms with Crippen molar-refractivity contribution in [2.45, 2.75) is 0 Å². The molecule has 1 aliphatic heterocycles. The summed E-state index contributed by atoms with van der Waals surface area (Å²) in [5, 5.41) is 21.8. The number of carbonyl (C=O) groups excluding carboxylic acids is 1. The van der Waals surface area contributed by atoms with Gasteiger partial charge in [-0.3, -0.25) is 4.79 Å². The molecular weight excluding hydrogens is 264 g/mol. The average molecular weight is 274 g/mol. The molecule has 3 rings (SSSR count). The second kappa shape index (κ2) is 4.30. The first kappa shape index (κ1) is 12.1. The molecule has 0 unspecified atom stereocenters. The number of phenols is 2. The summed E-state index contributed by atoms with van der Waals surface area (Å²) in [5.74, 6) is -0.347. The number of pyridine rings is 1. The molecule has 0 saturated carbocycles. The SMILES string of the molecule is COc1ncccc1C(=O)Nc1cc(O)c2c(c1O)O2. The van der Waals surface area contributed by atoms with Crippen molar-refractivity contribution in [3.63, 3.8) is 0 Å². The zero-order chi connectivity index (χ0) is 14.3. The summed E-state index contributed by atoms with van der Waals surface area (Å²) in [6.45, 7) is 0. The molecule has 0 saturated heterocycles. The molecule has 1 aromatic carbocycles. The van der Waals surface area contributed by atoms with E-state index in [4.69, 9.17) is 9.47 Å². The number of aromatic nitrogens is 1. The molecule has 0 aliphatic carbocycles. The molecular formula is C13H10N2O5. The molecule has 0 fully saturated rings. The second-order valence-electron chi connectivity index (χ2n) is 4.07. The van der Waals surface area contributed by atoms with Crippen LogP contribution < -0.4 is 14.8 Å². The summed E-state index contributed by atoms with van der Waals surface area (Å²) in [4.78, 5) is 16.0. The molecule has 1 amide bonds. The number of phenolic OH excluding ortho intramolecular Hbond substituents is 2. The van der Waals surface area contributed by atoms with Gasteiger partial charge in [0.15, 0.2) is 11.5 Å². The van der Waals surface area contributed by atoms with Crippen LogP contribution in [0.5, 0.6) is 28.9 Å². The minimum absolute atomic E-state index is 0.0506. The zero-order valence-corrected chi connectivity index (χ0v) is 10.4. The maximum atomic E-state index is 12.1. The number of carbonyl (C=O) groups is 1. The van der Waals surface area contributed by atoms with Crippen LogP contribution in [0.3, 0.4) is 0 Å². The van der Waals surface area contributed by atoms with E-state index >= 15 is 0 Å². The molecule has 1 aromatic heterocycles. The van der Waals surface area contributed by atoms with Gasteiger partial charge in [0.05, 0.1) is 12.8 Å². The van der Waals surface area contributed by atoms with Gasteiger partial charge in [-0.1, -0.05) is 0 Å². The molecule has 0 radical (unpaired) electrons. The molecule has 7 heteroatoms. The van der Waals surface area contributed by atoms with Gasteiger partial charge >= 0.3 is 0 Å². The van der Waals surface area contributed by atoms with Crippen LogP contribution in [0, 0.1) is 0 Å². The Kier molecular flexibility index (Phi) is 2.60. The third-order valence-corrected chi connectivity index (χ3v) is 2.81. The van der Waals surface area contributed by atoms with Crippen molar-refractivity contribution in [1.29, 1.82) is 0 Å². The Morgan fingerprint density at radius 3 is 2.95 bits per heavy atom. The largest absolute Gasteiger partial charge is 0.504 e. The normalized spacial score (nSPS) is 11.2. The van der Waals surface area contributed by atoms with E-state index in [-0.39, 0.29) is 40.1 Å². The number of benzene rings is 1. The van der Waals surface area contributed by atoms with Crippen molar-refractivity contribution in [2.24, 2.45) is 0 Å². The topological polar surface area (TPSA) is 104 Å². The summed E-state index contributed by atoms with van der Waals surface area (Å²) in [5.41, 5.74) is 0.259. The second-order valence-corrected chi connectivity index (χ2v) is 4.07. The van der Waals surface area contributed by atoms with E-state index in [1.165, 1.54) is 25.4 Å². The molecule has 102 valence electrons. The van der Waals surface area contributed by atoms with Gasteiger partial charge in [-0.05, 0) is 12.1 Å². The van der Waals surface area contributed by atoms with Crippen molar-refractivity contribution in [3.05, 3.63) is 30.0 Å². The summed E-state index contributed by atoms with van der Waals surface area (Å²) in [6.07, 6.45) is 1.49. The highest BCUT2D eigenvalue weighted by molar-refractivity contribution is 6.07. The number of fused-ring (bicyclic) bond motifs is 1. The maximum Gasteiger partial charge on any atom is 0.261 e. The number of aromatic hydroxyl groups is 2. The molecule has 0 spiro atoms. The molecule has 2 heterocycles. The monoisotopic (exact) mass is 274 g/mol. The number of methoxy groups -OCH3 is 1. The van der Waals surface area contributed by atoms with Crippen LogP contribution in [0.25, 0.3) is 0 Å². The fourth-order valence-electron chi connectivity index (χ4n) is 1.81. The summed E-state index contributed by atoms with van der Waals surface area (Å²) >= 11 is 0. The molecule has 0 bridgehead atoms. The minimum atomic E-state index is -0.523. The number of nitrogens with zero attached hydrogens (tertiary/aromatic N) is 1. The van der Waals surface area contributed by atoms with Crippen LogP contribution in [-0.2, 0) is 0 Å². The summed E-state index contributed by atoms with van der Waals surface area (Å²) < 4.78 is 9.87. The van der Waals surface area contributed by atoms with Crippen molar-refractivity contribution < 1.29 is 24.5 Å². The molecule has 20 heavy (non-hydrogen) atoms. The minimum Gasteiger partial charge on any atom is -0.504 e. The van der Waals surface area contributed by atoms with Crippen LogP contribution in [0.15, 0.2) is 24.4 Å². The first-order valence-corrected chi connectivity index (χ1v) is 5.69. The zero-order valence-electron chi connectivity index (χ0n) is 10.4. The molecule has 1 aliphatic rings. The van der Waals surface area contributed by atoms with E-state index in [2.05, 4.69) is 10.3 Å². The summed E-state index contributed by atoms with van der Waals surface area (Å²) in [7, 11) is 1.40. The Morgan fingerprint density at radius 1 is 1.40 bits per heavy atom. The summed E-state index contributed by atoms with van der Waals surface area (Å²) in [6, 6.07) is 4.33. The van der Waals surface area contributed by atoms with Gasteiger partial charge in [-0.25, -0.2) is 4.98 Å². The van der Waals surface area contributed by atoms with Crippen LogP contribution in [0.2, 0.25) is 0 Å². The molecule has 3 N–H and O–H groups in total. The Bertz CT molecular complexity index is 714. The Balaban J connectivity index is 1.90. The van der Waals surface area contributed by atoms with E-state index in [1.807, 2.05) is 0 Å². The Morgan fingerprint density at radius 2 is 2.20 bits per heavy atom. The number of rotatable bonds is 3. The van der Waals surface area contributed by atoms with Crippen molar-refractivity contribution in [1.82, 2.24) is 4.98 Å². The highest BCUT2D eigenvalue weighted by Crippen LogP contribution is 2.60. The predicted octanol–water partition coefficient (Wildman–Crippen LogP) is 1.86. The molecule has 2 aromatic rings. The van der Waals surface area contributed by atoms with Gasteiger partial charge in [0.1, 0.15) is 5.56 Å². The number of ether oxygens (including phenoxy) is 2. The first-order chi connectivity index (χ1) is 9.61. The highest BCUT2D eigenvalue weighted by atomic mass is 16.6. The Labute approximate surface area is 113 Å². The molecule has 0 atom stereocenters. The van der Waals surface area contributed by atoms with E-state index in [9.17, 15) is 15.0 Å². The highest BCUT2D eigenvalue weighted by Gasteiger charge is 2.33. The van der Waals surface area contributed by atoms with Gasteiger partial charge in [0, 0.05) is 12.3 Å². The Hall–Kier alpha value is -2.96. The van der Waals surface area contributed by atoms with E-state index < -0.39 is 5.91 Å². The number of nitrogens with one attached hydrogen (secondary N) is 1. The van der Waals surface area contributed by atoms with Crippen molar-refractivity contribution in [3.8, 4) is 28.9 Å². The fourth-order valence-corrected chi connectivity index (χ4v) is 1.81. The smallest absolute Gasteiger partial charge is 0.261 e. The van der Waals surface area contributed by atoms with Gasteiger partial charge in [-0.2, -0.15) is 0 Å². The lowest BCUT2D eigenvalue weighted by Crippen LogP contribution is -2.13.